The van der Waals surface area contributed by atoms with Gasteiger partial charge in [-0.1, -0.05) is 6.07 Å². The number of anilines is 1. The Balaban J connectivity index is 2.47. The van der Waals surface area contributed by atoms with Crippen LogP contribution in [-0.2, 0) is 19.6 Å². The predicted molar refractivity (Wildman–Crippen MR) is 79.1 cm³/mol. The van der Waals surface area contributed by atoms with E-state index in [1.165, 1.54) is 36.5 Å². The molecule has 7 nitrogen and oxygen atoms in total. The third-order valence-corrected chi connectivity index (χ3v) is 4.50. The van der Waals surface area contributed by atoms with Crippen molar-refractivity contribution in [2.45, 2.75) is 11.8 Å². The molecule has 0 saturated carbocycles. The number of aromatic nitrogens is 1. The van der Waals surface area contributed by atoms with Gasteiger partial charge in [-0.2, -0.15) is 0 Å². The summed E-state index contributed by atoms with van der Waals surface area (Å²) in [6.45, 7) is 1.77. The lowest BCUT2D eigenvalue weighted by atomic mass is 10.3. The highest BCUT2D eigenvalue weighted by Crippen LogP contribution is 2.20. The number of carbonyl (C=O) groups excluding carboxylic acids is 2. The first-order valence-electron chi connectivity index (χ1n) is 6.41. The van der Waals surface area contributed by atoms with Gasteiger partial charge in [0.15, 0.2) is 0 Å². The maximum Gasteiger partial charge on any atom is 0.355 e. The lowest BCUT2D eigenvalue weighted by Crippen LogP contribution is -2.19. The maximum atomic E-state index is 12.6. The van der Waals surface area contributed by atoms with Crippen molar-refractivity contribution >= 4 is 28.1 Å². The van der Waals surface area contributed by atoms with E-state index in [1.54, 1.807) is 13.0 Å². The van der Waals surface area contributed by atoms with E-state index in [2.05, 4.69) is 5.32 Å². The van der Waals surface area contributed by atoms with Gasteiger partial charge in [0.1, 0.15) is 5.69 Å². The molecule has 0 aliphatic heterocycles. The average molecular weight is 322 g/mol. The van der Waals surface area contributed by atoms with Crippen molar-refractivity contribution in [3.8, 4) is 0 Å². The summed E-state index contributed by atoms with van der Waals surface area (Å²) in [6, 6.07) is 8.53. The second kappa shape index (κ2) is 6.44. The average Bonchev–Trinajstić information content (AvgIpc) is 2.98. The fourth-order valence-electron chi connectivity index (χ4n) is 1.87. The summed E-state index contributed by atoms with van der Waals surface area (Å²) in [4.78, 5) is 22.2. The van der Waals surface area contributed by atoms with E-state index in [4.69, 9.17) is 4.74 Å². The number of rotatable bonds is 6. The van der Waals surface area contributed by atoms with Crippen molar-refractivity contribution in [3.05, 3.63) is 48.3 Å². The first kappa shape index (κ1) is 15.8. The summed E-state index contributed by atoms with van der Waals surface area (Å²) in [7, 11) is -3.97. The Morgan fingerprint density at radius 1 is 1.32 bits per heavy atom. The summed E-state index contributed by atoms with van der Waals surface area (Å²) in [5, 5.41) is 2.38. The van der Waals surface area contributed by atoms with E-state index >= 15 is 0 Å². The molecule has 0 unspecified atom stereocenters. The zero-order chi connectivity index (χ0) is 16.2. The fraction of sp³-hybridized carbons (Fsp3) is 0.143. The van der Waals surface area contributed by atoms with Gasteiger partial charge in [-0.3, -0.25) is 4.79 Å². The van der Waals surface area contributed by atoms with Crippen molar-refractivity contribution in [3.63, 3.8) is 0 Å². The first-order valence-corrected chi connectivity index (χ1v) is 7.85. The number of nitrogens with one attached hydrogen (secondary N) is 1. The van der Waals surface area contributed by atoms with Crippen molar-refractivity contribution in [2.75, 3.05) is 11.9 Å². The molecular formula is C14H14N2O5S. The molecule has 0 saturated heterocycles. The topological polar surface area (TPSA) is 94.5 Å². The Bertz CT molecular complexity index is 795. The molecule has 1 aromatic carbocycles. The number of benzene rings is 1. The van der Waals surface area contributed by atoms with Gasteiger partial charge in [0.05, 0.1) is 11.5 Å². The van der Waals surface area contributed by atoms with Crippen LogP contribution in [0.2, 0.25) is 0 Å². The Labute approximate surface area is 127 Å². The summed E-state index contributed by atoms with van der Waals surface area (Å²) in [5.74, 6) is -0.724. The second-order valence-corrected chi connectivity index (χ2v) is 6.02. The van der Waals surface area contributed by atoms with Crippen LogP contribution in [0.3, 0.4) is 0 Å². The highest BCUT2D eigenvalue weighted by molar-refractivity contribution is 7.90. The summed E-state index contributed by atoms with van der Waals surface area (Å²) >= 11 is 0. The normalized spacial score (nSPS) is 11.0. The molecule has 1 N–H and O–H groups in total. The minimum Gasteiger partial charge on any atom is -0.461 e. The molecule has 1 aromatic heterocycles. The van der Waals surface area contributed by atoms with Crippen molar-refractivity contribution in [1.82, 2.24) is 3.97 Å². The van der Waals surface area contributed by atoms with E-state index in [0.717, 1.165) is 3.97 Å². The van der Waals surface area contributed by atoms with Gasteiger partial charge >= 0.3 is 5.97 Å². The summed E-state index contributed by atoms with van der Waals surface area (Å²) in [5.41, 5.74) is 0.247. The second-order valence-electron chi connectivity index (χ2n) is 4.20. The summed E-state index contributed by atoms with van der Waals surface area (Å²) < 4.78 is 30.9. The number of amides is 1. The van der Waals surface area contributed by atoms with Gasteiger partial charge < -0.3 is 10.1 Å². The van der Waals surface area contributed by atoms with E-state index in [-0.39, 0.29) is 17.2 Å². The van der Waals surface area contributed by atoms with Gasteiger partial charge in [0.2, 0.25) is 6.41 Å². The highest BCUT2D eigenvalue weighted by Gasteiger charge is 2.23. The Morgan fingerprint density at radius 2 is 2.09 bits per heavy atom. The molecule has 116 valence electrons. The van der Waals surface area contributed by atoms with Crippen LogP contribution in [0.5, 0.6) is 0 Å². The standard InChI is InChI=1S/C14H14N2O5S/c1-2-21-14(18)13-7-4-8-16(13)22(19,20)12-6-3-5-11(9-12)15-10-17/h3-10H,2H2,1H3,(H,15,17). The van der Waals surface area contributed by atoms with E-state index in [9.17, 15) is 18.0 Å². The molecule has 0 radical (unpaired) electrons. The Kier molecular flexibility index (Phi) is 4.62. The van der Waals surface area contributed by atoms with E-state index in [0.29, 0.717) is 12.1 Å². The molecule has 8 heteroatoms. The number of ether oxygens (including phenoxy) is 1. The van der Waals surface area contributed by atoms with Crippen LogP contribution < -0.4 is 5.32 Å². The fourth-order valence-corrected chi connectivity index (χ4v) is 3.25. The molecular weight excluding hydrogens is 308 g/mol. The molecule has 1 heterocycles. The largest absolute Gasteiger partial charge is 0.461 e. The molecule has 2 aromatic rings. The third kappa shape index (κ3) is 3.01. The van der Waals surface area contributed by atoms with Crippen LogP contribution >= 0.6 is 0 Å². The van der Waals surface area contributed by atoms with Crippen LogP contribution in [0.1, 0.15) is 17.4 Å². The molecule has 0 bridgehead atoms. The molecule has 0 atom stereocenters. The SMILES string of the molecule is CCOC(=O)c1cccn1S(=O)(=O)c1cccc(NC=O)c1. The number of nitrogens with zero attached hydrogens (tertiary/aromatic N) is 1. The van der Waals surface area contributed by atoms with E-state index < -0.39 is 16.0 Å². The molecule has 0 spiro atoms. The van der Waals surface area contributed by atoms with Crippen LogP contribution in [0.25, 0.3) is 0 Å². The van der Waals surface area contributed by atoms with Gasteiger partial charge in [-0.25, -0.2) is 17.2 Å². The molecule has 0 aliphatic carbocycles. The van der Waals surface area contributed by atoms with Crippen molar-refractivity contribution in [1.29, 1.82) is 0 Å². The highest BCUT2D eigenvalue weighted by atomic mass is 32.2. The number of esters is 1. The van der Waals surface area contributed by atoms with Crippen molar-refractivity contribution in [2.24, 2.45) is 0 Å². The molecule has 0 fully saturated rings. The first-order chi connectivity index (χ1) is 10.5. The van der Waals surface area contributed by atoms with Crippen molar-refractivity contribution < 1.29 is 22.7 Å². The Morgan fingerprint density at radius 3 is 2.77 bits per heavy atom. The minimum absolute atomic E-state index is 0.0545. The number of hydrogen-bond donors (Lipinski definition) is 1. The number of hydrogen-bond acceptors (Lipinski definition) is 5. The predicted octanol–water partition coefficient (Wildman–Crippen LogP) is 1.47. The van der Waals surface area contributed by atoms with Gasteiger partial charge in [-0.15, -0.1) is 0 Å². The van der Waals surface area contributed by atoms with E-state index in [1.807, 2.05) is 0 Å². The minimum atomic E-state index is -3.97. The van der Waals surface area contributed by atoms with Crippen LogP contribution in [-0.4, -0.2) is 31.4 Å². The lowest BCUT2D eigenvalue weighted by Gasteiger charge is -2.10. The van der Waals surface area contributed by atoms with Gasteiger partial charge in [0.25, 0.3) is 10.0 Å². The molecule has 1 amide bonds. The van der Waals surface area contributed by atoms with Crippen LogP contribution in [0.15, 0.2) is 47.5 Å². The number of carbonyl (C=O) groups is 2. The monoisotopic (exact) mass is 322 g/mol. The van der Waals surface area contributed by atoms with Crippen LogP contribution in [0.4, 0.5) is 5.69 Å². The molecule has 0 aliphatic rings. The van der Waals surface area contributed by atoms with Crippen LogP contribution in [0, 0.1) is 0 Å². The van der Waals surface area contributed by atoms with Gasteiger partial charge in [0, 0.05) is 11.9 Å². The Hall–Kier alpha value is -2.61. The molecule has 2 rings (SSSR count). The zero-order valence-electron chi connectivity index (χ0n) is 11.7. The summed E-state index contributed by atoms with van der Waals surface area (Å²) in [6.07, 6.45) is 1.72. The zero-order valence-corrected chi connectivity index (χ0v) is 12.5. The smallest absolute Gasteiger partial charge is 0.355 e. The third-order valence-electron chi connectivity index (χ3n) is 2.81. The quantitative estimate of drug-likeness (QED) is 0.642. The maximum absolute atomic E-state index is 12.6. The lowest BCUT2D eigenvalue weighted by molar-refractivity contribution is -0.105. The van der Waals surface area contributed by atoms with Gasteiger partial charge in [-0.05, 0) is 37.3 Å². The molecule has 22 heavy (non-hydrogen) atoms.